The van der Waals surface area contributed by atoms with E-state index in [-0.39, 0.29) is 0 Å². The third-order valence-electron chi connectivity index (χ3n) is 4.42. The molecule has 2 heterocycles. The van der Waals surface area contributed by atoms with E-state index in [0.717, 1.165) is 35.4 Å². The monoisotopic (exact) mass is 363 g/mol. The molecule has 0 spiro atoms. The van der Waals surface area contributed by atoms with Crippen molar-refractivity contribution in [3.8, 4) is 11.5 Å². The van der Waals surface area contributed by atoms with Crippen LogP contribution in [-0.2, 0) is 20.0 Å². The lowest BCUT2D eigenvalue weighted by Crippen LogP contribution is -2.24. The summed E-state index contributed by atoms with van der Waals surface area (Å²) < 4.78 is 13.9. The summed E-state index contributed by atoms with van der Waals surface area (Å²) in [5.41, 5.74) is 3.89. The highest BCUT2D eigenvalue weighted by molar-refractivity contribution is 9.10. The van der Waals surface area contributed by atoms with Gasteiger partial charge in [0.15, 0.2) is 11.5 Å². The number of ether oxygens (including phenoxy) is 2. The highest BCUT2D eigenvalue weighted by atomic mass is 79.9. The van der Waals surface area contributed by atoms with E-state index in [9.17, 15) is 0 Å². The molecule has 1 aromatic heterocycles. The molecule has 22 heavy (non-hydrogen) atoms. The molecule has 6 heteroatoms. The number of nitrogens with zero attached hydrogens (tertiary/aromatic N) is 2. The Bertz CT molecular complexity index is 714. The van der Waals surface area contributed by atoms with Crippen LogP contribution in [0.5, 0.6) is 11.5 Å². The number of nitrogens with one attached hydrogen (secondary N) is 1. The minimum atomic E-state index is 0.298. The molecule has 2 aliphatic rings. The van der Waals surface area contributed by atoms with Crippen molar-refractivity contribution in [2.75, 3.05) is 6.79 Å². The van der Waals surface area contributed by atoms with Crippen molar-refractivity contribution in [1.29, 1.82) is 0 Å². The van der Waals surface area contributed by atoms with Gasteiger partial charge in [-0.25, -0.2) is 0 Å². The molecular formula is C16H18BrN3O2. The Balaban J connectivity index is 1.51. The SMILES string of the molecule is Cn1ncc2c1CCC[C@H]2NCc1cc(Br)c2c(c1)OCO2. The van der Waals surface area contributed by atoms with Gasteiger partial charge in [-0.15, -0.1) is 0 Å². The summed E-state index contributed by atoms with van der Waals surface area (Å²) in [7, 11) is 2.02. The zero-order valence-corrected chi connectivity index (χ0v) is 14.0. The Hall–Kier alpha value is -1.53. The standard InChI is InChI=1S/C16H18BrN3O2/c1-20-14-4-2-3-13(11(14)8-19-20)18-7-10-5-12(17)16-15(6-10)21-9-22-16/h5-6,8,13,18H,2-4,7,9H2,1H3/t13-/m1/s1. The summed E-state index contributed by atoms with van der Waals surface area (Å²) in [4.78, 5) is 0. The maximum Gasteiger partial charge on any atom is 0.231 e. The molecule has 0 bridgehead atoms. The molecule has 5 nitrogen and oxygen atoms in total. The van der Waals surface area contributed by atoms with Crippen molar-refractivity contribution in [2.45, 2.75) is 31.8 Å². The van der Waals surface area contributed by atoms with Crippen LogP contribution in [0, 0.1) is 0 Å². The summed E-state index contributed by atoms with van der Waals surface area (Å²) >= 11 is 3.55. The molecular weight excluding hydrogens is 346 g/mol. The number of rotatable bonds is 3. The van der Waals surface area contributed by atoms with Crippen LogP contribution in [0.15, 0.2) is 22.8 Å². The Morgan fingerprint density at radius 2 is 2.32 bits per heavy atom. The second-order valence-corrected chi connectivity index (χ2v) is 6.66. The lowest BCUT2D eigenvalue weighted by Gasteiger charge is -2.24. The number of benzene rings is 1. The van der Waals surface area contributed by atoms with Gasteiger partial charge in [-0.05, 0) is 52.9 Å². The van der Waals surface area contributed by atoms with Gasteiger partial charge >= 0.3 is 0 Å². The first-order valence-electron chi connectivity index (χ1n) is 7.54. The van der Waals surface area contributed by atoms with E-state index >= 15 is 0 Å². The van der Waals surface area contributed by atoms with Crippen LogP contribution in [-0.4, -0.2) is 16.6 Å². The van der Waals surface area contributed by atoms with Gasteiger partial charge < -0.3 is 14.8 Å². The van der Waals surface area contributed by atoms with E-state index in [1.54, 1.807) is 0 Å². The van der Waals surface area contributed by atoms with E-state index in [1.807, 2.05) is 24.0 Å². The first-order valence-corrected chi connectivity index (χ1v) is 8.34. The van der Waals surface area contributed by atoms with Crippen molar-refractivity contribution in [3.63, 3.8) is 0 Å². The molecule has 1 N–H and O–H groups in total. The molecule has 0 saturated heterocycles. The van der Waals surface area contributed by atoms with Crippen LogP contribution in [0.2, 0.25) is 0 Å². The first-order chi connectivity index (χ1) is 10.7. The summed E-state index contributed by atoms with van der Waals surface area (Å²) in [6.45, 7) is 1.10. The average molecular weight is 364 g/mol. The fraction of sp³-hybridized carbons (Fsp3) is 0.438. The fourth-order valence-electron chi connectivity index (χ4n) is 3.28. The van der Waals surface area contributed by atoms with Gasteiger partial charge in [-0.1, -0.05) is 0 Å². The van der Waals surface area contributed by atoms with Gasteiger partial charge in [0.05, 0.1) is 10.7 Å². The predicted octanol–water partition coefficient (Wildman–Crippen LogP) is 3.08. The topological polar surface area (TPSA) is 48.3 Å². The van der Waals surface area contributed by atoms with Crippen LogP contribution in [0.3, 0.4) is 0 Å². The number of halogens is 1. The first kappa shape index (κ1) is 14.1. The summed E-state index contributed by atoms with van der Waals surface area (Å²) in [6.07, 6.45) is 5.49. The van der Waals surface area contributed by atoms with E-state index in [2.05, 4.69) is 32.4 Å². The molecule has 1 aliphatic carbocycles. The Kier molecular flexibility index (Phi) is 3.58. The predicted molar refractivity (Wildman–Crippen MR) is 86.0 cm³/mol. The zero-order chi connectivity index (χ0) is 15.1. The molecule has 0 amide bonds. The fourth-order valence-corrected chi connectivity index (χ4v) is 3.89. The minimum absolute atomic E-state index is 0.298. The molecule has 0 radical (unpaired) electrons. The average Bonchev–Trinajstić information content (AvgIpc) is 3.13. The van der Waals surface area contributed by atoms with Gasteiger partial charge in [-0.2, -0.15) is 5.10 Å². The molecule has 0 unspecified atom stereocenters. The third kappa shape index (κ3) is 2.40. The lowest BCUT2D eigenvalue weighted by molar-refractivity contribution is 0.173. The van der Waals surface area contributed by atoms with Crippen molar-refractivity contribution in [1.82, 2.24) is 15.1 Å². The van der Waals surface area contributed by atoms with Crippen molar-refractivity contribution < 1.29 is 9.47 Å². The smallest absolute Gasteiger partial charge is 0.231 e. The van der Waals surface area contributed by atoms with Crippen LogP contribution in [0.1, 0.15) is 35.7 Å². The van der Waals surface area contributed by atoms with E-state index < -0.39 is 0 Å². The Morgan fingerprint density at radius 1 is 1.41 bits per heavy atom. The van der Waals surface area contributed by atoms with E-state index in [1.165, 1.54) is 23.2 Å². The lowest BCUT2D eigenvalue weighted by atomic mass is 9.93. The number of aromatic nitrogens is 2. The van der Waals surface area contributed by atoms with Crippen molar-refractivity contribution in [2.24, 2.45) is 7.05 Å². The van der Waals surface area contributed by atoms with E-state index in [4.69, 9.17) is 9.47 Å². The van der Waals surface area contributed by atoms with Crippen molar-refractivity contribution in [3.05, 3.63) is 39.6 Å². The second-order valence-electron chi connectivity index (χ2n) is 5.81. The maximum atomic E-state index is 5.48. The van der Waals surface area contributed by atoms with Gasteiger partial charge in [0.1, 0.15) is 0 Å². The second kappa shape index (κ2) is 5.59. The Morgan fingerprint density at radius 3 is 3.23 bits per heavy atom. The Labute approximate surface area is 137 Å². The highest BCUT2D eigenvalue weighted by Gasteiger charge is 2.23. The molecule has 1 aliphatic heterocycles. The van der Waals surface area contributed by atoms with Crippen LogP contribution >= 0.6 is 15.9 Å². The molecule has 4 rings (SSSR count). The molecule has 116 valence electrons. The van der Waals surface area contributed by atoms with E-state index in [0.29, 0.717) is 12.8 Å². The molecule has 1 aromatic carbocycles. The number of hydrogen-bond acceptors (Lipinski definition) is 4. The van der Waals surface area contributed by atoms with Crippen LogP contribution in [0.25, 0.3) is 0 Å². The summed E-state index contributed by atoms with van der Waals surface area (Å²) in [5.74, 6) is 1.62. The molecule has 0 saturated carbocycles. The third-order valence-corrected chi connectivity index (χ3v) is 5.00. The van der Waals surface area contributed by atoms with Gasteiger partial charge in [0.25, 0.3) is 0 Å². The number of fused-ring (bicyclic) bond motifs is 2. The quantitative estimate of drug-likeness (QED) is 0.910. The normalized spacial score (nSPS) is 19.3. The van der Waals surface area contributed by atoms with Gasteiger partial charge in [0, 0.05) is 30.9 Å². The zero-order valence-electron chi connectivity index (χ0n) is 12.4. The van der Waals surface area contributed by atoms with Crippen LogP contribution in [0.4, 0.5) is 0 Å². The highest BCUT2D eigenvalue weighted by Crippen LogP contribution is 2.40. The molecule has 2 aromatic rings. The number of aryl methyl sites for hydroxylation is 1. The molecule has 0 fully saturated rings. The van der Waals surface area contributed by atoms with Crippen LogP contribution < -0.4 is 14.8 Å². The summed E-state index contributed by atoms with van der Waals surface area (Å²) in [6, 6.07) is 4.52. The minimum Gasteiger partial charge on any atom is -0.454 e. The maximum absolute atomic E-state index is 5.48. The summed E-state index contributed by atoms with van der Waals surface area (Å²) in [5, 5.41) is 8.05. The van der Waals surface area contributed by atoms with Gasteiger partial charge in [0.2, 0.25) is 6.79 Å². The van der Waals surface area contributed by atoms with Gasteiger partial charge in [-0.3, -0.25) is 4.68 Å². The van der Waals surface area contributed by atoms with Crippen molar-refractivity contribution >= 4 is 15.9 Å². The number of hydrogen-bond donors (Lipinski definition) is 1. The molecule has 1 atom stereocenters. The largest absolute Gasteiger partial charge is 0.454 e.